The molecule has 0 amide bonds. The molecule has 3 heteroatoms. The largest absolute Gasteiger partial charge is 0.368 e. The molecule has 0 aliphatic carbocycles. The molecule has 0 saturated carbocycles. The van der Waals surface area contributed by atoms with Crippen molar-refractivity contribution in [3.05, 3.63) is 18.0 Å². The fourth-order valence-corrected chi connectivity index (χ4v) is 0.838. The van der Waals surface area contributed by atoms with Gasteiger partial charge in [-0.15, -0.1) is 0 Å². The van der Waals surface area contributed by atoms with Crippen molar-refractivity contribution < 1.29 is 0 Å². The van der Waals surface area contributed by atoms with Crippen LogP contribution in [0, 0.1) is 0 Å². The molecular formula is C8H13N3. The van der Waals surface area contributed by atoms with Crippen molar-refractivity contribution in [2.24, 2.45) is 0 Å². The molecule has 0 aromatic carbocycles. The molecule has 0 aliphatic rings. The lowest BCUT2D eigenvalue weighted by Crippen LogP contribution is -1.98. The molecule has 3 nitrogen and oxygen atoms in total. The highest BCUT2D eigenvalue weighted by Crippen LogP contribution is 2.15. The van der Waals surface area contributed by atoms with Gasteiger partial charge in [0.05, 0.1) is 0 Å². The zero-order valence-electron chi connectivity index (χ0n) is 6.91. The van der Waals surface area contributed by atoms with Crippen LogP contribution < -0.4 is 5.73 Å². The predicted molar refractivity (Wildman–Crippen MR) is 45.2 cm³/mol. The summed E-state index contributed by atoms with van der Waals surface area (Å²) in [6.45, 7) is 4.29. The number of anilines is 1. The molecule has 1 aromatic heterocycles. The van der Waals surface area contributed by atoms with E-state index in [1.54, 1.807) is 12.4 Å². The van der Waals surface area contributed by atoms with Crippen LogP contribution in [-0.4, -0.2) is 9.97 Å². The third kappa shape index (κ3) is 1.90. The Morgan fingerprint density at radius 2 is 2.00 bits per heavy atom. The number of aromatic nitrogens is 2. The SMILES string of the molecule is CC[C@H](C)c1cnc(N)nc1. The Kier molecular flexibility index (Phi) is 2.41. The third-order valence-electron chi connectivity index (χ3n) is 1.87. The predicted octanol–water partition coefficient (Wildman–Crippen LogP) is 1.57. The van der Waals surface area contributed by atoms with E-state index in [2.05, 4.69) is 23.8 Å². The van der Waals surface area contributed by atoms with E-state index in [1.807, 2.05) is 0 Å². The molecule has 0 spiro atoms. The Labute approximate surface area is 66.7 Å². The second-order valence-electron chi connectivity index (χ2n) is 2.68. The van der Waals surface area contributed by atoms with Crippen molar-refractivity contribution >= 4 is 5.95 Å². The van der Waals surface area contributed by atoms with Gasteiger partial charge in [-0.25, -0.2) is 9.97 Å². The van der Waals surface area contributed by atoms with Gasteiger partial charge in [-0.1, -0.05) is 13.8 Å². The molecule has 1 rings (SSSR count). The van der Waals surface area contributed by atoms with Crippen LogP contribution in [0.25, 0.3) is 0 Å². The second kappa shape index (κ2) is 3.32. The van der Waals surface area contributed by atoms with Crippen LogP contribution in [0.15, 0.2) is 12.4 Å². The maximum atomic E-state index is 5.35. The van der Waals surface area contributed by atoms with E-state index in [-0.39, 0.29) is 0 Å². The molecule has 0 saturated heterocycles. The van der Waals surface area contributed by atoms with Crippen LogP contribution in [0.2, 0.25) is 0 Å². The summed E-state index contributed by atoms with van der Waals surface area (Å²) in [4.78, 5) is 7.83. The molecule has 0 aliphatic heterocycles. The van der Waals surface area contributed by atoms with Crippen LogP contribution in [0.1, 0.15) is 31.7 Å². The number of nitrogens with two attached hydrogens (primary N) is 1. The first-order chi connectivity index (χ1) is 5.24. The van der Waals surface area contributed by atoms with Crippen LogP contribution in [-0.2, 0) is 0 Å². The Morgan fingerprint density at radius 3 is 2.45 bits per heavy atom. The summed E-state index contributed by atoms with van der Waals surface area (Å²) >= 11 is 0. The molecule has 0 bridgehead atoms. The summed E-state index contributed by atoms with van der Waals surface area (Å²) in [5, 5.41) is 0. The van der Waals surface area contributed by atoms with Crippen LogP contribution in [0.5, 0.6) is 0 Å². The number of nitrogens with zero attached hydrogens (tertiary/aromatic N) is 2. The smallest absolute Gasteiger partial charge is 0.219 e. The minimum Gasteiger partial charge on any atom is -0.368 e. The summed E-state index contributed by atoms with van der Waals surface area (Å²) in [7, 11) is 0. The first-order valence-electron chi connectivity index (χ1n) is 3.81. The summed E-state index contributed by atoms with van der Waals surface area (Å²) in [5.41, 5.74) is 6.50. The highest BCUT2D eigenvalue weighted by Gasteiger charge is 2.02. The Hall–Kier alpha value is -1.12. The second-order valence-corrected chi connectivity index (χ2v) is 2.68. The van der Waals surface area contributed by atoms with Crippen LogP contribution >= 0.6 is 0 Å². The topological polar surface area (TPSA) is 51.8 Å². The van der Waals surface area contributed by atoms with Gasteiger partial charge < -0.3 is 5.73 Å². The molecule has 0 unspecified atom stereocenters. The number of hydrogen-bond acceptors (Lipinski definition) is 3. The van der Waals surface area contributed by atoms with E-state index in [0.717, 1.165) is 12.0 Å². The zero-order chi connectivity index (χ0) is 8.27. The highest BCUT2D eigenvalue weighted by molar-refractivity contribution is 5.19. The van der Waals surface area contributed by atoms with Gasteiger partial charge in [0.1, 0.15) is 0 Å². The fraction of sp³-hybridized carbons (Fsp3) is 0.500. The van der Waals surface area contributed by atoms with E-state index in [4.69, 9.17) is 5.73 Å². The van der Waals surface area contributed by atoms with Gasteiger partial charge in [0.25, 0.3) is 0 Å². The van der Waals surface area contributed by atoms with Crippen molar-refractivity contribution in [3.63, 3.8) is 0 Å². The van der Waals surface area contributed by atoms with Crippen molar-refractivity contribution in [2.45, 2.75) is 26.2 Å². The Morgan fingerprint density at radius 1 is 1.45 bits per heavy atom. The van der Waals surface area contributed by atoms with Crippen molar-refractivity contribution in [3.8, 4) is 0 Å². The molecule has 1 heterocycles. The van der Waals surface area contributed by atoms with Crippen molar-refractivity contribution in [1.82, 2.24) is 9.97 Å². The summed E-state index contributed by atoms with van der Waals surface area (Å²) < 4.78 is 0. The molecule has 11 heavy (non-hydrogen) atoms. The zero-order valence-corrected chi connectivity index (χ0v) is 6.91. The number of nitrogen functional groups attached to an aromatic ring is 1. The first-order valence-corrected chi connectivity index (χ1v) is 3.81. The monoisotopic (exact) mass is 151 g/mol. The van der Waals surface area contributed by atoms with Gasteiger partial charge in [0.15, 0.2) is 0 Å². The minimum absolute atomic E-state index is 0.344. The van der Waals surface area contributed by atoms with E-state index in [9.17, 15) is 0 Å². The van der Waals surface area contributed by atoms with Gasteiger partial charge in [0, 0.05) is 12.4 Å². The van der Waals surface area contributed by atoms with Gasteiger partial charge >= 0.3 is 0 Å². The number of hydrogen-bond donors (Lipinski definition) is 1. The summed E-state index contributed by atoms with van der Waals surface area (Å²) in [6.07, 6.45) is 4.68. The van der Waals surface area contributed by atoms with E-state index in [0.29, 0.717) is 11.9 Å². The Balaban J connectivity index is 2.81. The third-order valence-corrected chi connectivity index (χ3v) is 1.87. The molecule has 1 atom stereocenters. The van der Waals surface area contributed by atoms with E-state index in [1.165, 1.54) is 0 Å². The summed E-state index contributed by atoms with van der Waals surface area (Å²) in [5.74, 6) is 0.868. The molecule has 60 valence electrons. The van der Waals surface area contributed by atoms with Crippen LogP contribution in [0.3, 0.4) is 0 Å². The minimum atomic E-state index is 0.344. The van der Waals surface area contributed by atoms with Crippen molar-refractivity contribution in [2.75, 3.05) is 5.73 Å². The molecule has 0 radical (unpaired) electrons. The Bertz CT molecular complexity index is 217. The lowest BCUT2D eigenvalue weighted by Gasteiger charge is -2.06. The lowest BCUT2D eigenvalue weighted by molar-refractivity contribution is 0.725. The van der Waals surface area contributed by atoms with Gasteiger partial charge in [-0.05, 0) is 17.9 Å². The average molecular weight is 151 g/mol. The highest BCUT2D eigenvalue weighted by atomic mass is 15.0. The van der Waals surface area contributed by atoms with E-state index >= 15 is 0 Å². The average Bonchev–Trinajstić information content (AvgIpc) is 2.05. The molecule has 2 N–H and O–H groups in total. The first kappa shape index (κ1) is 7.98. The fourth-order valence-electron chi connectivity index (χ4n) is 0.838. The maximum absolute atomic E-state index is 5.35. The normalized spacial score (nSPS) is 12.9. The lowest BCUT2D eigenvalue weighted by atomic mass is 10.0. The standard InChI is InChI=1S/C8H13N3/c1-3-6(2)7-4-10-8(9)11-5-7/h4-6H,3H2,1-2H3,(H2,9,10,11)/t6-/m0/s1. The van der Waals surface area contributed by atoms with Gasteiger partial charge in [-0.3, -0.25) is 0 Å². The van der Waals surface area contributed by atoms with Gasteiger partial charge in [-0.2, -0.15) is 0 Å². The van der Waals surface area contributed by atoms with E-state index < -0.39 is 0 Å². The summed E-state index contributed by atoms with van der Waals surface area (Å²) in [6, 6.07) is 0. The molecule has 0 fully saturated rings. The van der Waals surface area contributed by atoms with Gasteiger partial charge in [0.2, 0.25) is 5.95 Å². The quantitative estimate of drug-likeness (QED) is 0.698. The van der Waals surface area contributed by atoms with Crippen molar-refractivity contribution in [1.29, 1.82) is 0 Å². The molecular weight excluding hydrogens is 138 g/mol. The van der Waals surface area contributed by atoms with Crippen LogP contribution in [0.4, 0.5) is 5.95 Å². The maximum Gasteiger partial charge on any atom is 0.219 e. The molecule has 1 aromatic rings. The number of rotatable bonds is 2.